The number of carboxylic acids is 1. The zero-order valence-corrected chi connectivity index (χ0v) is 10.2. The molecule has 92 valence electrons. The maximum Gasteiger partial charge on any atom is 0.303 e. The molecule has 3 heteroatoms. The highest BCUT2D eigenvalue weighted by atomic mass is 16.4. The Balaban J connectivity index is 1.87. The van der Waals surface area contributed by atoms with Crippen LogP contribution in [0, 0.1) is 12.8 Å². The number of rotatable bonds is 4. The summed E-state index contributed by atoms with van der Waals surface area (Å²) in [4.78, 5) is 13.0. The van der Waals surface area contributed by atoms with Crippen LogP contribution in [0.5, 0.6) is 0 Å². The van der Waals surface area contributed by atoms with E-state index in [9.17, 15) is 4.79 Å². The number of hydrogen-bond acceptors (Lipinski definition) is 2. The van der Waals surface area contributed by atoms with E-state index in [4.69, 9.17) is 5.11 Å². The van der Waals surface area contributed by atoms with Crippen molar-refractivity contribution < 1.29 is 9.90 Å². The second-order valence-corrected chi connectivity index (χ2v) is 4.98. The van der Waals surface area contributed by atoms with Crippen molar-refractivity contribution in [2.24, 2.45) is 5.92 Å². The van der Waals surface area contributed by atoms with Crippen molar-refractivity contribution in [2.75, 3.05) is 13.1 Å². The second-order valence-electron chi connectivity index (χ2n) is 4.98. The number of carbonyl (C=O) groups is 1. The lowest BCUT2D eigenvalue weighted by Crippen LogP contribution is -2.20. The monoisotopic (exact) mass is 233 g/mol. The fourth-order valence-corrected chi connectivity index (χ4v) is 2.54. The highest BCUT2D eigenvalue weighted by Gasteiger charge is 2.24. The van der Waals surface area contributed by atoms with Gasteiger partial charge in [-0.2, -0.15) is 0 Å². The van der Waals surface area contributed by atoms with Gasteiger partial charge in [-0.25, -0.2) is 0 Å². The third kappa shape index (κ3) is 3.56. The molecule has 3 nitrogen and oxygen atoms in total. The first kappa shape index (κ1) is 12.1. The van der Waals surface area contributed by atoms with Crippen LogP contribution in [0.1, 0.15) is 24.0 Å². The Kier molecular flexibility index (Phi) is 3.79. The summed E-state index contributed by atoms with van der Waals surface area (Å²) in [6, 6.07) is 8.51. The molecule has 1 N–H and O–H groups in total. The van der Waals surface area contributed by atoms with E-state index in [0.29, 0.717) is 12.3 Å². The van der Waals surface area contributed by atoms with Crippen LogP contribution in [0.15, 0.2) is 24.3 Å². The van der Waals surface area contributed by atoms with Gasteiger partial charge in [-0.1, -0.05) is 29.8 Å². The van der Waals surface area contributed by atoms with Crippen molar-refractivity contribution in [3.8, 4) is 0 Å². The Hall–Kier alpha value is -1.35. The number of carboxylic acid groups (broad SMARTS) is 1. The Labute approximate surface area is 102 Å². The van der Waals surface area contributed by atoms with Gasteiger partial charge in [-0.15, -0.1) is 0 Å². The number of nitrogens with zero attached hydrogens (tertiary/aromatic N) is 1. The van der Waals surface area contributed by atoms with E-state index in [2.05, 4.69) is 36.1 Å². The molecule has 0 saturated carbocycles. The summed E-state index contributed by atoms with van der Waals surface area (Å²) in [7, 11) is 0. The van der Waals surface area contributed by atoms with E-state index in [1.54, 1.807) is 0 Å². The standard InChI is InChI=1S/C14H19NO2/c1-11-3-2-4-12(7-11)9-15-6-5-13(10-15)8-14(16)17/h2-4,7,13H,5-6,8-10H2,1H3,(H,16,17). The smallest absolute Gasteiger partial charge is 0.303 e. The van der Waals surface area contributed by atoms with E-state index < -0.39 is 5.97 Å². The third-order valence-corrected chi connectivity index (χ3v) is 3.32. The number of aliphatic carboxylic acids is 1. The minimum absolute atomic E-state index is 0.310. The topological polar surface area (TPSA) is 40.5 Å². The second kappa shape index (κ2) is 5.32. The molecule has 1 unspecified atom stereocenters. The molecule has 1 aliphatic rings. The lowest BCUT2D eigenvalue weighted by atomic mass is 10.1. The normalized spacial score (nSPS) is 20.6. The van der Waals surface area contributed by atoms with Crippen molar-refractivity contribution >= 4 is 5.97 Å². The van der Waals surface area contributed by atoms with Crippen molar-refractivity contribution in [3.63, 3.8) is 0 Å². The van der Waals surface area contributed by atoms with Gasteiger partial charge in [-0.05, 0) is 31.4 Å². The molecule has 1 atom stereocenters. The molecule has 1 saturated heterocycles. The van der Waals surface area contributed by atoms with E-state index in [1.165, 1.54) is 11.1 Å². The molecule has 0 aromatic heterocycles. The van der Waals surface area contributed by atoms with Crippen molar-refractivity contribution in [2.45, 2.75) is 26.3 Å². The lowest BCUT2D eigenvalue weighted by molar-refractivity contribution is -0.138. The number of hydrogen-bond donors (Lipinski definition) is 1. The highest BCUT2D eigenvalue weighted by molar-refractivity contribution is 5.67. The van der Waals surface area contributed by atoms with Crippen LogP contribution in [-0.2, 0) is 11.3 Å². The van der Waals surface area contributed by atoms with Crippen molar-refractivity contribution in [3.05, 3.63) is 35.4 Å². The number of aryl methyl sites for hydroxylation is 1. The number of benzene rings is 1. The molecule has 0 amide bonds. The first-order valence-electron chi connectivity index (χ1n) is 6.13. The summed E-state index contributed by atoms with van der Waals surface area (Å²) in [5, 5.41) is 8.77. The Bertz CT molecular complexity index is 403. The van der Waals surface area contributed by atoms with Gasteiger partial charge in [0, 0.05) is 19.5 Å². The third-order valence-electron chi connectivity index (χ3n) is 3.32. The molecule has 0 spiro atoms. The number of likely N-dealkylation sites (tertiary alicyclic amines) is 1. The summed E-state index contributed by atoms with van der Waals surface area (Å²) < 4.78 is 0. The quantitative estimate of drug-likeness (QED) is 0.867. The van der Waals surface area contributed by atoms with Gasteiger partial charge in [0.05, 0.1) is 0 Å². The summed E-state index contributed by atoms with van der Waals surface area (Å²) in [5.74, 6) is -0.343. The fraction of sp³-hybridized carbons (Fsp3) is 0.500. The van der Waals surface area contributed by atoms with E-state index in [1.807, 2.05) is 0 Å². The van der Waals surface area contributed by atoms with Gasteiger partial charge in [-0.3, -0.25) is 9.69 Å². The molecule has 2 rings (SSSR count). The predicted octanol–water partition coefficient (Wildman–Crippen LogP) is 2.29. The molecule has 1 aromatic carbocycles. The van der Waals surface area contributed by atoms with E-state index >= 15 is 0 Å². The van der Waals surface area contributed by atoms with E-state index in [0.717, 1.165) is 26.1 Å². The Morgan fingerprint density at radius 2 is 2.35 bits per heavy atom. The highest BCUT2D eigenvalue weighted by Crippen LogP contribution is 2.21. The molecule has 0 aliphatic carbocycles. The molecular weight excluding hydrogens is 214 g/mol. The Morgan fingerprint density at radius 3 is 3.06 bits per heavy atom. The summed E-state index contributed by atoms with van der Waals surface area (Å²) in [5.41, 5.74) is 2.60. The maximum atomic E-state index is 10.6. The molecule has 1 heterocycles. The van der Waals surface area contributed by atoms with Crippen LogP contribution in [0.25, 0.3) is 0 Å². The summed E-state index contributed by atoms with van der Waals surface area (Å²) in [6.45, 7) is 4.98. The zero-order chi connectivity index (χ0) is 12.3. The van der Waals surface area contributed by atoms with Gasteiger partial charge < -0.3 is 5.11 Å². The average Bonchev–Trinajstić information content (AvgIpc) is 2.64. The van der Waals surface area contributed by atoms with Crippen LogP contribution < -0.4 is 0 Å². The minimum atomic E-state index is -0.674. The maximum absolute atomic E-state index is 10.6. The molecular formula is C14H19NO2. The Morgan fingerprint density at radius 1 is 1.53 bits per heavy atom. The largest absolute Gasteiger partial charge is 0.481 e. The van der Waals surface area contributed by atoms with Crippen LogP contribution in [0.3, 0.4) is 0 Å². The van der Waals surface area contributed by atoms with Gasteiger partial charge in [0.25, 0.3) is 0 Å². The van der Waals surface area contributed by atoms with Crippen LogP contribution in [0.2, 0.25) is 0 Å². The SMILES string of the molecule is Cc1cccc(CN2CCC(CC(=O)O)C2)c1. The first-order chi connectivity index (χ1) is 8.13. The van der Waals surface area contributed by atoms with Gasteiger partial charge >= 0.3 is 5.97 Å². The molecule has 0 bridgehead atoms. The van der Waals surface area contributed by atoms with Gasteiger partial charge in [0.2, 0.25) is 0 Å². The van der Waals surface area contributed by atoms with Crippen LogP contribution in [0.4, 0.5) is 0 Å². The predicted molar refractivity (Wildman–Crippen MR) is 66.8 cm³/mol. The summed E-state index contributed by atoms with van der Waals surface area (Å²) in [6.07, 6.45) is 1.32. The van der Waals surface area contributed by atoms with Gasteiger partial charge in [0.15, 0.2) is 0 Å². The summed E-state index contributed by atoms with van der Waals surface area (Å²) >= 11 is 0. The van der Waals surface area contributed by atoms with Crippen LogP contribution >= 0.6 is 0 Å². The minimum Gasteiger partial charge on any atom is -0.481 e. The molecule has 1 aliphatic heterocycles. The van der Waals surface area contributed by atoms with Crippen molar-refractivity contribution in [1.29, 1.82) is 0 Å². The first-order valence-corrected chi connectivity index (χ1v) is 6.13. The lowest BCUT2D eigenvalue weighted by Gasteiger charge is -2.15. The molecule has 17 heavy (non-hydrogen) atoms. The van der Waals surface area contributed by atoms with Gasteiger partial charge in [0.1, 0.15) is 0 Å². The molecule has 1 aromatic rings. The van der Waals surface area contributed by atoms with Crippen LogP contribution in [-0.4, -0.2) is 29.1 Å². The fourth-order valence-electron chi connectivity index (χ4n) is 2.54. The zero-order valence-electron chi connectivity index (χ0n) is 10.2. The molecule has 0 radical (unpaired) electrons. The molecule has 1 fully saturated rings. The van der Waals surface area contributed by atoms with E-state index in [-0.39, 0.29) is 0 Å². The average molecular weight is 233 g/mol. The van der Waals surface area contributed by atoms with Crippen molar-refractivity contribution in [1.82, 2.24) is 4.90 Å².